The fourth-order valence-electron chi connectivity index (χ4n) is 2.63. The van der Waals surface area contributed by atoms with Crippen LogP contribution in [0.2, 0.25) is 0 Å². The Bertz CT molecular complexity index is 470. The van der Waals surface area contributed by atoms with Gasteiger partial charge in [-0.1, -0.05) is 18.6 Å². The lowest BCUT2D eigenvalue weighted by atomic mass is 9.94. The van der Waals surface area contributed by atoms with Gasteiger partial charge in [0.2, 0.25) is 0 Å². The summed E-state index contributed by atoms with van der Waals surface area (Å²) in [5, 5.41) is 8.89. The van der Waals surface area contributed by atoms with E-state index in [4.69, 9.17) is 5.11 Å². The van der Waals surface area contributed by atoms with E-state index in [1.54, 1.807) is 0 Å². The van der Waals surface area contributed by atoms with Crippen molar-refractivity contribution in [1.82, 2.24) is 4.90 Å². The minimum absolute atomic E-state index is 0.0777. The Labute approximate surface area is 115 Å². The van der Waals surface area contributed by atoms with Gasteiger partial charge in [0, 0.05) is 6.04 Å². The lowest BCUT2D eigenvalue weighted by molar-refractivity contribution is -0.139. The van der Waals surface area contributed by atoms with Crippen molar-refractivity contribution < 1.29 is 23.1 Å². The lowest BCUT2D eigenvalue weighted by Gasteiger charge is -2.34. The molecule has 0 bridgehead atoms. The molecule has 1 aliphatic rings. The van der Waals surface area contributed by atoms with Crippen molar-refractivity contribution in [1.29, 1.82) is 0 Å². The molecule has 6 heteroatoms. The quantitative estimate of drug-likeness (QED) is 0.927. The monoisotopic (exact) mass is 287 g/mol. The zero-order chi connectivity index (χ0) is 14.8. The average Bonchev–Trinajstić information content (AvgIpc) is 2.38. The summed E-state index contributed by atoms with van der Waals surface area (Å²) in [6.45, 7) is 0.587. The fourth-order valence-corrected chi connectivity index (χ4v) is 2.63. The molecule has 0 aromatic heterocycles. The van der Waals surface area contributed by atoms with Crippen molar-refractivity contribution in [2.75, 3.05) is 13.1 Å². The fraction of sp³-hybridized carbons (Fsp3) is 0.500. The molecule has 1 atom stereocenters. The van der Waals surface area contributed by atoms with Gasteiger partial charge in [0.15, 0.2) is 0 Å². The molecule has 1 N–H and O–H groups in total. The highest BCUT2D eigenvalue weighted by Gasteiger charge is 2.31. The lowest BCUT2D eigenvalue weighted by Crippen LogP contribution is -2.37. The Morgan fingerprint density at radius 2 is 1.90 bits per heavy atom. The topological polar surface area (TPSA) is 40.5 Å². The SMILES string of the molecule is O=C(O)CN1CCCCC1c1ccc(C(F)(F)F)cc1. The van der Waals surface area contributed by atoms with Crippen molar-refractivity contribution in [3.05, 3.63) is 35.4 Å². The minimum atomic E-state index is -4.34. The summed E-state index contributed by atoms with van der Waals surface area (Å²) in [5.74, 6) is -0.913. The molecule has 1 saturated heterocycles. The highest BCUT2D eigenvalue weighted by molar-refractivity contribution is 5.69. The van der Waals surface area contributed by atoms with Gasteiger partial charge in [0.05, 0.1) is 12.1 Å². The summed E-state index contributed by atoms with van der Waals surface area (Å²) in [6.07, 6.45) is -1.68. The Kier molecular flexibility index (Phi) is 4.32. The van der Waals surface area contributed by atoms with Crippen LogP contribution in [0, 0.1) is 0 Å². The maximum absolute atomic E-state index is 12.5. The number of rotatable bonds is 3. The average molecular weight is 287 g/mol. The number of halogens is 3. The first kappa shape index (κ1) is 14.8. The molecule has 1 fully saturated rings. The van der Waals surface area contributed by atoms with Crippen LogP contribution in [0.15, 0.2) is 24.3 Å². The Balaban J connectivity index is 2.17. The molecule has 1 aliphatic heterocycles. The first-order chi connectivity index (χ1) is 9.38. The third-order valence-corrected chi connectivity index (χ3v) is 3.57. The molecule has 1 aromatic rings. The van der Waals surface area contributed by atoms with Gasteiger partial charge in [-0.25, -0.2) is 0 Å². The van der Waals surface area contributed by atoms with Gasteiger partial charge in [-0.3, -0.25) is 9.69 Å². The van der Waals surface area contributed by atoms with Crippen LogP contribution in [-0.2, 0) is 11.0 Å². The molecule has 0 aliphatic carbocycles. The van der Waals surface area contributed by atoms with Crippen LogP contribution in [0.25, 0.3) is 0 Å². The number of hydrogen-bond acceptors (Lipinski definition) is 2. The van der Waals surface area contributed by atoms with Crippen LogP contribution in [0.3, 0.4) is 0 Å². The van der Waals surface area contributed by atoms with Gasteiger partial charge in [-0.05, 0) is 37.1 Å². The van der Waals surface area contributed by atoms with Crippen molar-refractivity contribution in [2.45, 2.75) is 31.5 Å². The van der Waals surface area contributed by atoms with E-state index >= 15 is 0 Å². The highest BCUT2D eigenvalue weighted by atomic mass is 19.4. The minimum Gasteiger partial charge on any atom is -0.480 e. The number of hydrogen-bond donors (Lipinski definition) is 1. The van der Waals surface area contributed by atoms with Gasteiger partial charge in [-0.2, -0.15) is 13.2 Å². The molecule has 20 heavy (non-hydrogen) atoms. The molecule has 0 saturated carbocycles. The third-order valence-electron chi connectivity index (χ3n) is 3.57. The second-order valence-electron chi connectivity index (χ2n) is 5.00. The highest BCUT2D eigenvalue weighted by Crippen LogP contribution is 2.33. The molecule has 0 spiro atoms. The molecule has 0 amide bonds. The van der Waals surface area contributed by atoms with E-state index in [1.807, 2.05) is 4.90 Å². The summed E-state index contributed by atoms with van der Waals surface area (Å²) >= 11 is 0. The van der Waals surface area contributed by atoms with Crippen LogP contribution >= 0.6 is 0 Å². The van der Waals surface area contributed by atoms with Crippen molar-refractivity contribution in [3.8, 4) is 0 Å². The number of aliphatic carboxylic acids is 1. The molecule has 1 unspecified atom stereocenters. The summed E-state index contributed by atoms with van der Waals surface area (Å²) in [4.78, 5) is 12.7. The molecule has 2 rings (SSSR count). The first-order valence-electron chi connectivity index (χ1n) is 6.51. The molecular weight excluding hydrogens is 271 g/mol. The van der Waals surface area contributed by atoms with E-state index < -0.39 is 17.7 Å². The molecule has 1 heterocycles. The predicted octanol–water partition coefficient (Wildman–Crippen LogP) is 3.32. The van der Waals surface area contributed by atoms with Crippen molar-refractivity contribution >= 4 is 5.97 Å². The van der Waals surface area contributed by atoms with E-state index in [1.165, 1.54) is 12.1 Å². The number of piperidine rings is 1. The second kappa shape index (κ2) is 5.83. The summed E-state index contributed by atoms with van der Waals surface area (Å²) in [5.41, 5.74) is 0.0702. The Morgan fingerprint density at radius 1 is 1.25 bits per heavy atom. The second-order valence-corrected chi connectivity index (χ2v) is 5.00. The zero-order valence-corrected chi connectivity index (χ0v) is 10.9. The largest absolute Gasteiger partial charge is 0.480 e. The molecule has 3 nitrogen and oxygen atoms in total. The van der Waals surface area contributed by atoms with Gasteiger partial charge in [0.1, 0.15) is 0 Å². The Morgan fingerprint density at radius 3 is 2.45 bits per heavy atom. The van der Waals surface area contributed by atoms with E-state index in [0.29, 0.717) is 6.54 Å². The molecule has 1 aromatic carbocycles. The van der Waals surface area contributed by atoms with Crippen LogP contribution in [0.5, 0.6) is 0 Å². The smallest absolute Gasteiger partial charge is 0.416 e. The number of benzene rings is 1. The number of nitrogens with zero attached hydrogens (tertiary/aromatic N) is 1. The van der Waals surface area contributed by atoms with E-state index in [9.17, 15) is 18.0 Å². The first-order valence-corrected chi connectivity index (χ1v) is 6.51. The molecule has 110 valence electrons. The summed E-state index contributed by atoms with van der Waals surface area (Å²) in [6, 6.07) is 4.91. The van der Waals surface area contributed by atoms with Gasteiger partial charge in [0.25, 0.3) is 0 Å². The number of carboxylic acid groups (broad SMARTS) is 1. The third kappa shape index (κ3) is 3.50. The van der Waals surface area contributed by atoms with E-state index in [0.717, 1.165) is 37.0 Å². The maximum atomic E-state index is 12.5. The maximum Gasteiger partial charge on any atom is 0.416 e. The Hall–Kier alpha value is -1.56. The van der Waals surface area contributed by atoms with Gasteiger partial charge < -0.3 is 5.11 Å². The van der Waals surface area contributed by atoms with Crippen molar-refractivity contribution in [3.63, 3.8) is 0 Å². The predicted molar refractivity (Wildman–Crippen MR) is 67.2 cm³/mol. The van der Waals surface area contributed by atoms with E-state index in [2.05, 4.69) is 0 Å². The summed E-state index contributed by atoms with van der Waals surface area (Å²) in [7, 11) is 0. The number of carboxylic acids is 1. The summed E-state index contributed by atoms with van der Waals surface area (Å²) < 4.78 is 37.6. The van der Waals surface area contributed by atoms with Crippen LogP contribution in [0.4, 0.5) is 13.2 Å². The van der Waals surface area contributed by atoms with Gasteiger partial charge in [-0.15, -0.1) is 0 Å². The van der Waals surface area contributed by atoms with Crippen LogP contribution < -0.4 is 0 Å². The number of likely N-dealkylation sites (tertiary alicyclic amines) is 1. The van der Waals surface area contributed by atoms with Crippen LogP contribution in [-0.4, -0.2) is 29.1 Å². The molecular formula is C14H16F3NO2. The standard InChI is InChI=1S/C14H16F3NO2/c15-14(16,17)11-6-4-10(5-7-11)12-3-1-2-8-18(12)9-13(19)20/h4-7,12H,1-3,8-9H2,(H,19,20). The molecule has 0 radical (unpaired) electrons. The van der Waals surface area contributed by atoms with E-state index in [-0.39, 0.29) is 12.6 Å². The normalized spacial score (nSPS) is 20.9. The number of alkyl halides is 3. The number of carbonyl (C=O) groups is 1. The van der Waals surface area contributed by atoms with Crippen molar-refractivity contribution in [2.24, 2.45) is 0 Å². The van der Waals surface area contributed by atoms with Crippen LogP contribution in [0.1, 0.15) is 36.4 Å². The van der Waals surface area contributed by atoms with Gasteiger partial charge >= 0.3 is 12.1 Å². The zero-order valence-electron chi connectivity index (χ0n) is 10.9.